The van der Waals surface area contributed by atoms with Gasteiger partial charge in [0.05, 0.1) is 0 Å². The van der Waals surface area contributed by atoms with Crippen LogP contribution in [0.3, 0.4) is 0 Å². The Balaban J connectivity index is 1.89. The molecule has 2 fully saturated rings. The van der Waals surface area contributed by atoms with Crippen molar-refractivity contribution >= 4 is 5.69 Å². The molecule has 1 aromatic carbocycles. The molecule has 1 saturated carbocycles. The smallest absolute Gasteiger partial charge is 0.0443 e. The summed E-state index contributed by atoms with van der Waals surface area (Å²) in [7, 11) is 0. The van der Waals surface area contributed by atoms with E-state index in [-0.39, 0.29) is 0 Å². The lowest BCUT2D eigenvalue weighted by atomic mass is 10.0. The van der Waals surface area contributed by atoms with Crippen LogP contribution >= 0.6 is 0 Å². The van der Waals surface area contributed by atoms with E-state index in [0.717, 1.165) is 25.2 Å². The summed E-state index contributed by atoms with van der Waals surface area (Å²) in [5, 5.41) is 3.67. The number of fused-ring (bicyclic) bond motifs is 1. The lowest BCUT2D eigenvalue weighted by molar-refractivity contribution is 0.404. The molecule has 0 bridgehead atoms. The van der Waals surface area contributed by atoms with Gasteiger partial charge in [-0.15, -0.1) is 0 Å². The van der Waals surface area contributed by atoms with E-state index < -0.39 is 0 Å². The third-order valence-electron chi connectivity index (χ3n) is 4.46. The van der Waals surface area contributed by atoms with Crippen LogP contribution in [0.5, 0.6) is 0 Å². The number of rotatable bonds is 1. The number of anilines is 1. The zero-order valence-corrected chi connectivity index (χ0v) is 10.9. The van der Waals surface area contributed by atoms with Crippen LogP contribution in [0.1, 0.15) is 30.4 Å². The van der Waals surface area contributed by atoms with Crippen molar-refractivity contribution in [3.05, 3.63) is 29.3 Å². The van der Waals surface area contributed by atoms with E-state index in [1.54, 1.807) is 0 Å². The monoisotopic (exact) mass is 230 g/mol. The van der Waals surface area contributed by atoms with Gasteiger partial charge in [-0.05, 0) is 56.4 Å². The molecule has 0 unspecified atom stereocenters. The standard InChI is InChI=1S/C15H22N2/c1-11-6-7-13(10-12(11)2)17-9-8-16-14-4-3-5-15(14)17/h6-7,10,14-16H,3-5,8-9H2,1-2H3/t14-,15-/m0/s1. The average Bonchev–Trinajstić information content (AvgIpc) is 2.80. The molecule has 17 heavy (non-hydrogen) atoms. The van der Waals surface area contributed by atoms with Gasteiger partial charge in [0.15, 0.2) is 0 Å². The minimum absolute atomic E-state index is 0.727. The molecule has 0 spiro atoms. The predicted molar refractivity (Wildman–Crippen MR) is 72.7 cm³/mol. The van der Waals surface area contributed by atoms with Crippen LogP contribution < -0.4 is 10.2 Å². The highest BCUT2D eigenvalue weighted by molar-refractivity contribution is 5.52. The number of hydrogen-bond acceptors (Lipinski definition) is 2. The Morgan fingerprint density at radius 3 is 2.88 bits per heavy atom. The topological polar surface area (TPSA) is 15.3 Å². The molecule has 1 aromatic rings. The van der Waals surface area contributed by atoms with Crippen molar-refractivity contribution < 1.29 is 0 Å². The van der Waals surface area contributed by atoms with Gasteiger partial charge in [-0.1, -0.05) is 6.07 Å². The second-order valence-electron chi connectivity index (χ2n) is 5.52. The highest BCUT2D eigenvalue weighted by Crippen LogP contribution is 2.31. The summed E-state index contributed by atoms with van der Waals surface area (Å²) >= 11 is 0. The average molecular weight is 230 g/mol. The fourth-order valence-corrected chi connectivity index (χ4v) is 3.31. The number of nitrogens with zero attached hydrogens (tertiary/aromatic N) is 1. The van der Waals surface area contributed by atoms with Crippen LogP contribution in [-0.4, -0.2) is 25.2 Å². The maximum absolute atomic E-state index is 3.67. The quantitative estimate of drug-likeness (QED) is 0.798. The minimum atomic E-state index is 0.727. The zero-order chi connectivity index (χ0) is 11.8. The Hall–Kier alpha value is -1.02. The van der Waals surface area contributed by atoms with Crippen molar-refractivity contribution in [3.63, 3.8) is 0 Å². The molecule has 92 valence electrons. The molecule has 2 atom stereocenters. The summed E-state index contributed by atoms with van der Waals surface area (Å²) in [4.78, 5) is 2.63. The first-order valence-electron chi connectivity index (χ1n) is 6.83. The molecule has 1 heterocycles. The van der Waals surface area contributed by atoms with Crippen molar-refractivity contribution in [2.45, 2.75) is 45.2 Å². The molecule has 2 heteroatoms. The summed E-state index contributed by atoms with van der Waals surface area (Å²) in [6, 6.07) is 8.37. The highest BCUT2D eigenvalue weighted by Gasteiger charge is 2.34. The van der Waals surface area contributed by atoms with Gasteiger partial charge in [0.25, 0.3) is 0 Å². The van der Waals surface area contributed by atoms with Crippen LogP contribution in [0, 0.1) is 13.8 Å². The fourth-order valence-electron chi connectivity index (χ4n) is 3.31. The maximum Gasteiger partial charge on any atom is 0.0443 e. The molecule has 3 rings (SSSR count). The second-order valence-corrected chi connectivity index (χ2v) is 5.52. The van der Waals surface area contributed by atoms with E-state index in [9.17, 15) is 0 Å². The second kappa shape index (κ2) is 4.34. The number of piperazine rings is 1. The Morgan fingerprint density at radius 1 is 1.18 bits per heavy atom. The summed E-state index contributed by atoms with van der Waals surface area (Å²) < 4.78 is 0. The van der Waals surface area contributed by atoms with Gasteiger partial charge in [-0.25, -0.2) is 0 Å². The Morgan fingerprint density at radius 2 is 2.06 bits per heavy atom. The van der Waals surface area contributed by atoms with E-state index >= 15 is 0 Å². The van der Waals surface area contributed by atoms with E-state index in [1.807, 2.05) is 0 Å². The molecular formula is C15H22N2. The Labute approximate surface area is 104 Å². The largest absolute Gasteiger partial charge is 0.366 e. The summed E-state index contributed by atoms with van der Waals surface area (Å²) in [6.45, 7) is 6.69. The van der Waals surface area contributed by atoms with E-state index in [4.69, 9.17) is 0 Å². The third-order valence-corrected chi connectivity index (χ3v) is 4.46. The lowest BCUT2D eigenvalue weighted by Crippen LogP contribution is -2.55. The van der Waals surface area contributed by atoms with Crippen molar-refractivity contribution in [1.82, 2.24) is 5.32 Å². The van der Waals surface area contributed by atoms with Gasteiger partial charge < -0.3 is 10.2 Å². The molecule has 0 aromatic heterocycles. The van der Waals surface area contributed by atoms with Gasteiger partial charge in [0, 0.05) is 30.9 Å². The molecular weight excluding hydrogens is 208 g/mol. The number of aryl methyl sites for hydroxylation is 2. The lowest BCUT2D eigenvalue weighted by Gasteiger charge is -2.40. The van der Waals surface area contributed by atoms with E-state index in [1.165, 1.54) is 36.1 Å². The maximum atomic E-state index is 3.67. The SMILES string of the molecule is Cc1ccc(N2CCN[C@H]3CCC[C@@H]32)cc1C. The van der Waals surface area contributed by atoms with Crippen molar-refractivity contribution in [3.8, 4) is 0 Å². The van der Waals surface area contributed by atoms with E-state index in [2.05, 4.69) is 42.3 Å². The zero-order valence-electron chi connectivity index (χ0n) is 10.9. The Kier molecular flexibility index (Phi) is 2.83. The summed E-state index contributed by atoms with van der Waals surface area (Å²) in [5.41, 5.74) is 4.23. The molecule has 2 nitrogen and oxygen atoms in total. The summed E-state index contributed by atoms with van der Waals surface area (Å²) in [6.07, 6.45) is 4.08. The van der Waals surface area contributed by atoms with Gasteiger partial charge in [0.2, 0.25) is 0 Å². The first-order chi connectivity index (χ1) is 8.25. The molecule has 1 saturated heterocycles. The van der Waals surface area contributed by atoms with Crippen LogP contribution in [0.2, 0.25) is 0 Å². The minimum Gasteiger partial charge on any atom is -0.366 e. The van der Waals surface area contributed by atoms with Gasteiger partial charge in [-0.3, -0.25) is 0 Å². The van der Waals surface area contributed by atoms with Crippen LogP contribution in [0.15, 0.2) is 18.2 Å². The van der Waals surface area contributed by atoms with Gasteiger partial charge in [-0.2, -0.15) is 0 Å². The number of benzene rings is 1. The third kappa shape index (κ3) is 1.95. The van der Waals surface area contributed by atoms with Gasteiger partial charge >= 0.3 is 0 Å². The van der Waals surface area contributed by atoms with Crippen LogP contribution in [-0.2, 0) is 0 Å². The number of hydrogen-bond donors (Lipinski definition) is 1. The van der Waals surface area contributed by atoms with E-state index in [0.29, 0.717) is 0 Å². The van der Waals surface area contributed by atoms with Crippen LogP contribution in [0.25, 0.3) is 0 Å². The van der Waals surface area contributed by atoms with Crippen molar-refractivity contribution in [2.75, 3.05) is 18.0 Å². The van der Waals surface area contributed by atoms with Crippen molar-refractivity contribution in [1.29, 1.82) is 0 Å². The predicted octanol–water partition coefficient (Wildman–Crippen LogP) is 2.63. The van der Waals surface area contributed by atoms with Crippen LogP contribution in [0.4, 0.5) is 5.69 Å². The van der Waals surface area contributed by atoms with Crippen molar-refractivity contribution in [2.24, 2.45) is 0 Å². The highest BCUT2D eigenvalue weighted by atomic mass is 15.2. The summed E-state index contributed by atoms with van der Waals surface area (Å²) in [5.74, 6) is 0. The molecule has 1 aliphatic heterocycles. The first-order valence-corrected chi connectivity index (χ1v) is 6.83. The molecule has 0 radical (unpaired) electrons. The fraction of sp³-hybridized carbons (Fsp3) is 0.600. The first kappa shape index (κ1) is 11.1. The molecule has 0 amide bonds. The Bertz CT molecular complexity index is 413. The number of nitrogens with one attached hydrogen (secondary N) is 1. The molecule has 1 N–H and O–H groups in total. The van der Waals surface area contributed by atoms with Gasteiger partial charge in [0.1, 0.15) is 0 Å². The molecule has 1 aliphatic carbocycles. The normalized spacial score (nSPS) is 28.2. The molecule has 2 aliphatic rings.